The SMILES string of the molecule is Cc1ccc(S(=O)(=O)N2[C@H](COCc3ccccc3)[C@@H]2CCO)cc1. The maximum atomic E-state index is 12.8. The molecule has 0 amide bonds. The lowest BCUT2D eigenvalue weighted by atomic mass is 10.2. The maximum Gasteiger partial charge on any atom is 0.243 e. The smallest absolute Gasteiger partial charge is 0.243 e. The Bertz CT molecular complexity index is 790. The minimum absolute atomic E-state index is 0.0419. The molecule has 5 nitrogen and oxygen atoms in total. The number of aliphatic hydroxyl groups is 1. The van der Waals surface area contributed by atoms with Gasteiger partial charge < -0.3 is 9.84 Å². The summed E-state index contributed by atoms with van der Waals surface area (Å²) in [4.78, 5) is 0.284. The second-order valence-electron chi connectivity index (χ2n) is 6.30. The van der Waals surface area contributed by atoms with E-state index in [0.29, 0.717) is 19.6 Å². The van der Waals surface area contributed by atoms with Crippen LogP contribution in [0.15, 0.2) is 59.5 Å². The Labute approximate surface area is 148 Å². The molecule has 3 rings (SSSR count). The molecule has 0 saturated carbocycles. The number of nitrogens with zero attached hydrogens (tertiary/aromatic N) is 1. The van der Waals surface area contributed by atoms with Gasteiger partial charge in [0.2, 0.25) is 10.0 Å². The lowest BCUT2D eigenvalue weighted by Crippen LogP contribution is -2.17. The number of aliphatic hydroxyl groups excluding tert-OH is 1. The number of hydrogen-bond donors (Lipinski definition) is 1. The van der Waals surface area contributed by atoms with Gasteiger partial charge in [0, 0.05) is 12.6 Å². The van der Waals surface area contributed by atoms with Gasteiger partial charge in [-0.1, -0.05) is 48.0 Å². The van der Waals surface area contributed by atoms with Crippen LogP contribution in [0.25, 0.3) is 0 Å². The number of aryl methyl sites for hydroxylation is 1. The van der Waals surface area contributed by atoms with Crippen molar-refractivity contribution in [3.8, 4) is 0 Å². The molecule has 0 spiro atoms. The van der Waals surface area contributed by atoms with E-state index in [-0.39, 0.29) is 23.6 Å². The Kier molecular flexibility index (Phi) is 5.54. The first-order chi connectivity index (χ1) is 12.0. The van der Waals surface area contributed by atoms with Crippen LogP contribution < -0.4 is 0 Å². The summed E-state index contributed by atoms with van der Waals surface area (Å²) in [7, 11) is -3.56. The quantitative estimate of drug-likeness (QED) is 0.733. The van der Waals surface area contributed by atoms with Crippen molar-refractivity contribution in [2.45, 2.75) is 36.9 Å². The van der Waals surface area contributed by atoms with Gasteiger partial charge >= 0.3 is 0 Å². The van der Waals surface area contributed by atoms with Crippen molar-refractivity contribution in [3.05, 3.63) is 65.7 Å². The Morgan fingerprint density at radius 3 is 2.36 bits per heavy atom. The molecule has 3 atom stereocenters. The molecule has 0 aromatic heterocycles. The fourth-order valence-electron chi connectivity index (χ4n) is 3.01. The van der Waals surface area contributed by atoms with Crippen molar-refractivity contribution in [3.63, 3.8) is 0 Å². The molecule has 2 aromatic carbocycles. The van der Waals surface area contributed by atoms with E-state index >= 15 is 0 Å². The van der Waals surface area contributed by atoms with Crippen molar-refractivity contribution in [2.24, 2.45) is 0 Å². The number of benzene rings is 2. The molecule has 1 aliphatic heterocycles. The first-order valence-electron chi connectivity index (χ1n) is 8.37. The molecule has 1 unspecified atom stereocenters. The second kappa shape index (κ2) is 7.66. The number of hydrogen-bond acceptors (Lipinski definition) is 4. The van der Waals surface area contributed by atoms with E-state index < -0.39 is 10.0 Å². The first-order valence-corrected chi connectivity index (χ1v) is 9.81. The molecule has 1 heterocycles. The Balaban J connectivity index is 1.66. The van der Waals surface area contributed by atoms with Gasteiger partial charge in [-0.15, -0.1) is 0 Å². The van der Waals surface area contributed by atoms with Crippen LogP contribution >= 0.6 is 0 Å². The molecule has 0 bridgehead atoms. The first kappa shape index (κ1) is 18.1. The highest BCUT2D eigenvalue weighted by Crippen LogP contribution is 2.38. The van der Waals surface area contributed by atoms with Crippen molar-refractivity contribution >= 4 is 10.0 Å². The van der Waals surface area contributed by atoms with Gasteiger partial charge in [-0.2, -0.15) is 4.31 Å². The fraction of sp³-hybridized carbons (Fsp3) is 0.368. The summed E-state index contributed by atoms with van der Waals surface area (Å²) in [6.07, 6.45) is 0.421. The van der Waals surface area contributed by atoms with E-state index in [1.54, 1.807) is 24.3 Å². The third kappa shape index (κ3) is 4.10. The van der Waals surface area contributed by atoms with E-state index in [0.717, 1.165) is 11.1 Å². The van der Waals surface area contributed by atoms with E-state index in [9.17, 15) is 13.5 Å². The lowest BCUT2D eigenvalue weighted by Gasteiger charge is -2.08. The van der Waals surface area contributed by atoms with E-state index in [2.05, 4.69) is 0 Å². The summed E-state index contributed by atoms with van der Waals surface area (Å²) in [6.45, 7) is 2.65. The van der Waals surface area contributed by atoms with Gasteiger partial charge in [0.15, 0.2) is 0 Å². The van der Waals surface area contributed by atoms with Crippen molar-refractivity contribution in [1.82, 2.24) is 4.31 Å². The minimum atomic E-state index is -3.56. The molecule has 0 radical (unpaired) electrons. The number of rotatable bonds is 8. The molecule has 0 aliphatic carbocycles. The largest absolute Gasteiger partial charge is 0.396 e. The van der Waals surface area contributed by atoms with E-state index in [1.807, 2.05) is 37.3 Å². The lowest BCUT2D eigenvalue weighted by molar-refractivity contribution is 0.118. The van der Waals surface area contributed by atoms with Gasteiger partial charge in [0.1, 0.15) is 0 Å². The number of sulfonamides is 1. The van der Waals surface area contributed by atoms with Crippen LogP contribution in [0.4, 0.5) is 0 Å². The zero-order valence-corrected chi connectivity index (χ0v) is 15.0. The maximum absolute atomic E-state index is 12.8. The minimum Gasteiger partial charge on any atom is -0.396 e. The fourth-order valence-corrected chi connectivity index (χ4v) is 4.84. The van der Waals surface area contributed by atoms with Crippen molar-refractivity contribution in [1.29, 1.82) is 0 Å². The molecule has 1 N–H and O–H groups in total. The average Bonchev–Trinajstić information content (AvgIpc) is 3.30. The molecule has 1 aliphatic rings. The summed E-state index contributed by atoms with van der Waals surface area (Å²) in [6, 6.07) is 16.2. The van der Waals surface area contributed by atoms with Gasteiger partial charge in [-0.25, -0.2) is 8.42 Å². The molecular weight excluding hydrogens is 338 g/mol. The van der Waals surface area contributed by atoms with Gasteiger partial charge in [0.25, 0.3) is 0 Å². The zero-order chi connectivity index (χ0) is 17.9. The highest BCUT2D eigenvalue weighted by Gasteiger charge is 2.54. The van der Waals surface area contributed by atoms with Crippen LogP contribution in [0.3, 0.4) is 0 Å². The molecule has 1 fully saturated rings. The zero-order valence-electron chi connectivity index (χ0n) is 14.2. The van der Waals surface area contributed by atoms with E-state index in [4.69, 9.17) is 4.74 Å². The van der Waals surface area contributed by atoms with Gasteiger partial charge in [0.05, 0.1) is 24.2 Å². The Hall–Kier alpha value is -1.73. The Morgan fingerprint density at radius 1 is 1.04 bits per heavy atom. The van der Waals surface area contributed by atoms with Gasteiger partial charge in [-0.05, 0) is 31.0 Å². The summed E-state index contributed by atoms with van der Waals surface area (Å²) >= 11 is 0. The van der Waals surface area contributed by atoms with Gasteiger partial charge in [-0.3, -0.25) is 0 Å². The monoisotopic (exact) mass is 361 g/mol. The average molecular weight is 361 g/mol. The normalized spacial score (nSPS) is 22.7. The summed E-state index contributed by atoms with van der Waals surface area (Å²) in [5, 5.41) is 9.23. The predicted octanol–water partition coefficient (Wildman–Crippen LogP) is 2.34. The summed E-state index contributed by atoms with van der Waals surface area (Å²) < 4.78 is 32.8. The second-order valence-corrected chi connectivity index (χ2v) is 8.14. The molecule has 134 valence electrons. The highest BCUT2D eigenvalue weighted by molar-refractivity contribution is 7.89. The topological polar surface area (TPSA) is 66.6 Å². The summed E-state index contributed by atoms with van der Waals surface area (Å²) in [5.41, 5.74) is 2.06. The standard InChI is InChI=1S/C19H23NO4S/c1-15-7-9-17(10-8-15)25(22,23)20-18(11-12-21)19(20)14-24-13-16-5-3-2-4-6-16/h2-10,18-19,21H,11-14H2,1H3/t18-,19+,20?/m0/s1. The number of ether oxygens (including phenoxy) is 1. The third-order valence-corrected chi connectivity index (χ3v) is 6.39. The Morgan fingerprint density at radius 2 is 1.72 bits per heavy atom. The van der Waals surface area contributed by atoms with Crippen LogP contribution in [-0.4, -0.2) is 43.1 Å². The van der Waals surface area contributed by atoms with Crippen LogP contribution in [0.2, 0.25) is 0 Å². The molecule has 6 heteroatoms. The van der Waals surface area contributed by atoms with Crippen molar-refractivity contribution < 1.29 is 18.3 Å². The highest BCUT2D eigenvalue weighted by atomic mass is 32.2. The molecular formula is C19H23NO4S. The van der Waals surface area contributed by atoms with Crippen LogP contribution in [0.5, 0.6) is 0 Å². The molecule has 1 saturated heterocycles. The van der Waals surface area contributed by atoms with Crippen LogP contribution in [0.1, 0.15) is 17.5 Å². The van der Waals surface area contributed by atoms with Crippen molar-refractivity contribution in [2.75, 3.05) is 13.2 Å². The molecule has 25 heavy (non-hydrogen) atoms. The predicted molar refractivity (Wildman–Crippen MR) is 95.6 cm³/mol. The third-order valence-electron chi connectivity index (χ3n) is 4.43. The van der Waals surface area contributed by atoms with Crippen LogP contribution in [0, 0.1) is 6.92 Å². The van der Waals surface area contributed by atoms with Crippen LogP contribution in [-0.2, 0) is 21.4 Å². The molecule has 2 aromatic rings. The summed E-state index contributed by atoms with van der Waals surface area (Å²) in [5.74, 6) is 0. The van der Waals surface area contributed by atoms with E-state index in [1.165, 1.54) is 4.31 Å².